The number of rotatable bonds is 12. The maximum atomic E-state index is 14.8. The first-order valence-electron chi connectivity index (χ1n) is 21.9. The fourth-order valence-electron chi connectivity index (χ4n) is 9.03. The number of aromatic nitrogens is 1. The Morgan fingerprint density at radius 2 is 1.87 bits per heavy atom. The zero-order valence-electron chi connectivity index (χ0n) is 36.1. The first kappa shape index (κ1) is 44.9. The molecule has 0 radical (unpaired) electrons. The highest BCUT2D eigenvalue weighted by molar-refractivity contribution is 9.10. The molecule has 1 aromatic carbocycles. The Morgan fingerprint density at radius 3 is 2.59 bits per heavy atom. The predicted molar refractivity (Wildman–Crippen MR) is 233 cm³/mol. The van der Waals surface area contributed by atoms with E-state index in [0.29, 0.717) is 35.0 Å². The summed E-state index contributed by atoms with van der Waals surface area (Å²) in [5.74, 6) is -0.0913. The fourth-order valence-corrected chi connectivity index (χ4v) is 9.58. The molecule has 5 aliphatic rings. The van der Waals surface area contributed by atoms with E-state index in [1.54, 1.807) is 7.11 Å². The molecule has 7 rings (SSSR count). The number of para-hydroxylation sites is 1. The van der Waals surface area contributed by atoms with Gasteiger partial charge in [-0.3, -0.25) is 9.59 Å². The molecule has 3 aliphatic heterocycles. The van der Waals surface area contributed by atoms with Crippen molar-refractivity contribution in [3.05, 3.63) is 52.9 Å². The van der Waals surface area contributed by atoms with Crippen molar-refractivity contribution in [2.24, 2.45) is 17.8 Å². The minimum Gasteiger partial charge on any atom is -0.495 e. The second kappa shape index (κ2) is 18.3. The van der Waals surface area contributed by atoms with Crippen molar-refractivity contribution in [3.8, 4) is 11.6 Å². The Bertz CT molecular complexity index is 2030. The lowest BCUT2D eigenvalue weighted by atomic mass is 9.89. The van der Waals surface area contributed by atoms with Gasteiger partial charge in [-0.05, 0) is 119 Å². The average Bonchev–Trinajstić information content (AvgIpc) is 4.06. The number of aliphatic carboxylic acids is 1. The summed E-state index contributed by atoms with van der Waals surface area (Å²) in [6, 6.07) is 5.42. The fraction of sp³-hybridized carbons (Fsp3) is 0.622. The van der Waals surface area contributed by atoms with Crippen LogP contribution in [0.25, 0.3) is 10.9 Å². The van der Waals surface area contributed by atoms with Gasteiger partial charge in [0.1, 0.15) is 40.1 Å². The number of carbonyl (C=O) groups excluding carboxylic acids is 3. The normalized spacial score (nSPS) is 30.8. The van der Waals surface area contributed by atoms with Crippen LogP contribution in [0.1, 0.15) is 105 Å². The van der Waals surface area contributed by atoms with Crippen molar-refractivity contribution in [3.63, 3.8) is 0 Å². The zero-order valence-corrected chi connectivity index (χ0v) is 37.7. The second-order valence-corrected chi connectivity index (χ2v) is 19.0. The lowest BCUT2D eigenvalue weighted by molar-refractivity contribution is -0.146. The number of alkyl carbamates (subject to hydrolysis) is 1. The van der Waals surface area contributed by atoms with Crippen molar-refractivity contribution >= 4 is 57.8 Å². The van der Waals surface area contributed by atoms with Crippen LogP contribution in [0.5, 0.6) is 11.6 Å². The first-order valence-corrected chi connectivity index (χ1v) is 22.7. The molecule has 0 spiro atoms. The Hall–Kier alpha value is -4.15. The van der Waals surface area contributed by atoms with E-state index in [4.69, 9.17) is 28.5 Å². The summed E-state index contributed by atoms with van der Waals surface area (Å²) in [6.45, 7) is 10.0. The molecule has 1 unspecified atom stereocenters. The van der Waals surface area contributed by atoms with E-state index in [9.17, 15) is 24.3 Å². The van der Waals surface area contributed by atoms with Crippen molar-refractivity contribution < 1.29 is 47.8 Å². The number of fused-ring (bicyclic) bond motifs is 3. The number of methoxy groups -OCH3 is 1. The number of amides is 3. The number of hydrogen-bond donors (Lipinski definition) is 3. The van der Waals surface area contributed by atoms with E-state index in [1.165, 1.54) is 4.90 Å². The van der Waals surface area contributed by atoms with Gasteiger partial charge in [0, 0.05) is 17.2 Å². The molecular formula is C45H60BBrN4O10. The Kier molecular flexibility index (Phi) is 13.5. The third-order valence-corrected chi connectivity index (χ3v) is 14.2. The van der Waals surface area contributed by atoms with Crippen LogP contribution in [-0.2, 0) is 28.4 Å². The van der Waals surface area contributed by atoms with Crippen molar-refractivity contribution in [1.29, 1.82) is 0 Å². The Labute approximate surface area is 367 Å². The van der Waals surface area contributed by atoms with E-state index in [0.717, 1.165) is 50.3 Å². The number of benzene rings is 1. The van der Waals surface area contributed by atoms with Crippen molar-refractivity contribution in [2.45, 2.75) is 146 Å². The predicted octanol–water partition coefficient (Wildman–Crippen LogP) is 7.31. The van der Waals surface area contributed by atoms with Gasteiger partial charge >= 0.3 is 19.2 Å². The number of allylic oxidation sites excluding steroid dienone is 2. The molecule has 0 bridgehead atoms. The second-order valence-electron chi connectivity index (χ2n) is 18.2. The van der Waals surface area contributed by atoms with Gasteiger partial charge in [-0.15, -0.1) is 0 Å². The van der Waals surface area contributed by atoms with Gasteiger partial charge in [0.15, 0.2) is 0 Å². The molecule has 4 heterocycles. The van der Waals surface area contributed by atoms with Gasteiger partial charge < -0.3 is 44.2 Å². The molecule has 2 saturated heterocycles. The van der Waals surface area contributed by atoms with Crippen LogP contribution >= 0.6 is 15.9 Å². The van der Waals surface area contributed by atoms with Crippen LogP contribution < -0.4 is 20.1 Å². The number of pyridine rings is 1. The van der Waals surface area contributed by atoms with Gasteiger partial charge in [0.05, 0.1) is 30.4 Å². The van der Waals surface area contributed by atoms with Crippen LogP contribution in [0.3, 0.4) is 0 Å². The van der Waals surface area contributed by atoms with Gasteiger partial charge in [-0.25, -0.2) is 14.6 Å². The standard InChI is InChI=1S/C45H60BBrN4O10/c1-7-29-34(58-39-35(47)37(57-6)30-20-15-16-21-31(30)48-39)26-51-36(29)38(52)50-45(41(54)55)25-28(45)19-13-9-8-10-14-22-32(40(51)53)49-42(56)59-33-24-27(33)18-12-11-17-23-46-60-43(2,3)44(4,5)61-46/h13,15-17,19-21,23,27-29,32-34,36H,7-12,14,18,22,24-26H2,1-6H3,(H,49,56)(H,50,52)(H,54,55)/t27-,28-,29?,32+,33-,34+,36+,45-/m1/s1. The number of carboxylic acid groups (broad SMARTS) is 1. The van der Waals surface area contributed by atoms with Gasteiger partial charge in [-0.2, -0.15) is 0 Å². The maximum Gasteiger partial charge on any atom is 0.486 e. The molecule has 4 fully saturated rings. The average molecular weight is 908 g/mol. The molecule has 16 heteroatoms. The van der Waals surface area contributed by atoms with Crippen LogP contribution in [0.15, 0.2) is 52.9 Å². The lowest BCUT2D eigenvalue weighted by Crippen LogP contribution is -2.57. The summed E-state index contributed by atoms with van der Waals surface area (Å²) >= 11 is 3.62. The minimum atomic E-state index is -1.47. The molecule has 3 amide bonds. The van der Waals surface area contributed by atoms with Gasteiger partial charge in [0.25, 0.3) is 0 Å². The number of ether oxygens (including phenoxy) is 3. The Balaban J connectivity index is 1.05. The summed E-state index contributed by atoms with van der Waals surface area (Å²) in [7, 11) is 1.18. The first-order chi connectivity index (χ1) is 29.1. The highest BCUT2D eigenvalue weighted by Crippen LogP contribution is 2.47. The van der Waals surface area contributed by atoms with E-state index < -0.39 is 53.5 Å². The van der Waals surface area contributed by atoms with E-state index in [1.807, 2.05) is 77.0 Å². The van der Waals surface area contributed by atoms with Crippen molar-refractivity contribution in [2.75, 3.05) is 13.7 Å². The summed E-state index contributed by atoms with van der Waals surface area (Å²) in [4.78, 5) is 61.7. The largest absolute Gasteiger partial charge is 0.495 e. The number of carbonyl (C=O) groups is 4. The molecule has 14 nitrogen and oxygen atoms in total. The third-order valence-electron chi connectivity index (χ3n) is 13.5. The molecular weight excluding hydrogens is 847 g/mol. The maximum absolute atomic E-state index is 14.8. The summed E-state index contributed by atoms with van der Waals surface area (Å²) in [5, 5.41) is 16.9. The number of unbranched alkanes of at least 4 members (excludes halogenated alkanes) is 1. The smallest absolute Gasteiger partial charge is 0.486 e. The quantitative estimate of drug-likeness (QED) is 0.111. The number of halogens is 1. The highest BCUT2D eigenvalue weighted by Gasteiger charge is 2.62. The number of carboxylic acids is 1. The third kappa shape index (κ3) is 9.61. The molecule has 2 aromatic rings. The van der Waals surface area contributed by atoms with Crippen LogP contribution in [-0.4, -0.2) is 101 Å². The number of hydrogen-bond acceptors (Lipinski definition) is 10. The topological polar surface area (TPSA) is 175 Å². The molecule has 2 saturated carbocycles. The molecule has 61 heavy (non-hydrogen) atoms. The summed E-state index contributed by atoms with van der Waals surface area (Å²) < 4.78 is 30.8. The van der Waals surface area contributed by atoms with E-state index in [2.05, 4.69) is 32.6 Å². The SMILES string of the molecule is CCC1[C@@H](Oc2nc3ccccc3c(OC)c2Br)CN2C(=O)[C@@H](NC(=O)O[C@@H]3C[C@H]3CCCC=CB3OC(C)(C)C(C)(C)O3)CCCCCC=C[C@@H]3C[C@@]3(C(=O)O)NC(=O)[C@H]12. The molecule has 3 N–H and O–H groups in total. The summed E-state index contributed by atoms with van der Waals surface area (Å²) in [5.41, 5.74) is -1.60. The highest BCUT2D eigenvalue weighted by atomic mass is 79.9. The Morgan fingerprint density at radius 1 is 1.11 bits per heavy atom. The van der Waals surface area contributed by atoms with Gasteiger partial charge in [-0.1, -0.05) is 56.1 Å². The summed E-state index contributed by atoms with van der Waals surface area (Å²) in [6.07, 6.45) is 11.7. The van der Waals surface area contributed by atoms with Gasteiger partial charge in [0.2, 0.25) is 17.7 Å². The molecule has 8 atom stereocenters. The molecule has 330 valence electrons. The minimum absolute atomic E-state index is 0.00296. The van der Waals surface area contributed by atoms with Crippen LogP contribution in [0.2, 0.25) is 0 Å². The van der Waals surface area contributed by atoms with E-state index in [-0.39, 0.29) is 55.1 Å². The molecule has 2 aliphatic carbocycles. The lowest BCUT2D eigenvalue weighted by Gasteiger charge is -2.32. The van der Waals surface area contributed by atoms with E-state index >= 15 is 0 Å². The van der Waals surface area contributed by atoms with Crippen LogP contribution in [0, 0.1) is 17.8 Å². The zero-order chi connectivity index (χ0) is 43.7. The number of nitrogens with one attached hydrogen (secondary N) is 2. The molecule has 1 aromatic heterocycles. The number of nitrogens with zero attached hydrogens (tertiary/aromatic N) is 2. The van der Waals surface area contributed by atoms with Crippen molar-refractivity contribution in [1.82, 2.24) is 20.5 Å². The monoisotopic (exact) mass is 906 g/mol. The van der Waals surface area contributed by atoms with Crippen LogP contribution in [0.4, 0.5) is 4.79 Å².